The van der Waals surface area contributed by atoms with Gasteiger partial charge in [-0.05, 0) is 6.07 Å². The van der Waals surface area contributed by atoms with Crippen molar-refractivity contribution in [1.82, 2.24) is 4.98 Å². The molecule has 18 heavy (non-hydrogen) atoms. The Morgan fingerprint density at radius 2 is 2.17 bits per heavy atom. The maximum atomic E-state index is 9.23. The Bertz CT molecular complexity index is 518. The van der Waals surface area contributed by atoms with Gasteiger partial charge >= 0.3 is 0 Å². The highest BCUT2D eigenvalue weighted by molar-refractivity contribution is 7.14. The van der Waals surface area contributed by atoms with Crippen LogP contribution in [-0.4, -0.2) is 34.5 Å². The number of benzene rings is 1. The summed E-state index contributed by atoms with van der Waals surface area (Å²) in [5.74, 6) is 0. The van der Waals surface area contributed by atoms with Gasteiger partial charge in [0.1, 0.15) is 0 Å². The van der Waals surface area contributed by atoms with Crippen molar-refractivity contribution in [3.05, 3.63) is 34.7 Å². The van der Waals surface area contributed by atoms with E-state index < -0.39 is 6.10 Å². The van der Waals surface area contributed by atoms with Gasteiger partial charge in [-0.25, -0.2) is 4.98 Å². The minimum Gasteiger partial charge on any atom is -0.394 e. The number of aromatic nitrogens is 1. The zero-order valence-corrected chi connectivity index (χ0v) is 11.1. The molecule has 2 aromatic rings. The zero-order valence-electron chi connectivity index (χ0n) is 9.51. The SMILES string of the molecule is OC[C@H](O)CNc1nc(-c2ccccc2Cl)cs1. The van der Waals surface area contributed by atoms with Crippen molar-refractivity contribution in [3.8, 4) is 11.3 Å². The third kappa shape index (κ3) is 3.20. The molecule has 0 saturated heterocycles. The first kappa shape index (κ1) is 13.3. The summed E-state index contributed by atoms with van der Waals surface area (Å²) in [6.45, 7) is 0.00171. The first-order chi connectivity index (χ1) is 8.70. The number of anilines is 1. The number of thiazole rings is 1. The Balaban J connectivity index is 2.09. The average Bonchev–Trinajstić information content (AvgIpc) is 2.85. The van der Waals surface area contributed by atoms with Gasteiger partial charge in [0.2, 0.25) is 0 Å². The number of halogens is 1. The van der Waals surface area contributed by atoms with Crippen molar-refractivity contribution in [1.29, 1.82) is 0 Å². The molecule has 0 aliphatic carbocycles. The second-order valence-corrected chi connectivity index (χ2v) is 5.00. The molecule has 2 rings (SSSR count). The fraction of sp³-hybridized carbons (Fsp3) is 0.250. The van der Waals surface area contributed by atoms with Crippen molar-refractivity contribution in [3.63, 3.8) is 0 Å². The molecule has 1 aromatic heterocycles. The van der Waals surface area contributed by atoms with E-state index in [-0.39, 0.29) is 13.2 Å². The fourth-order valence-corrected chi connectivity index (χ4v) is 2.37. The highest BCUT2D eigenvalue weighted by Gasteiger charge is 2.08. The number of hydrogen-bond donors (Lipinski definition) is 3. The molecule has 96 valence electrons. The van der Waals surface area contributed by atoms with Gasteiger partial charge in [0.25, 0.3) is 0 Å². The van der Waals surface area contributed by atoms with E-state index >= 15 is 0 Å². The van der Waals surface area contributed by atoms with Gasteiger partial charge in [0, 0.05) is 22.5 Å². The topological polar surface area (TPSA) is 65.4 Å². The Morgan fingerprint density at radius 1 is 1.39 bits per heavy atom. The molecule has 0 bridgehead atoms. The lowest BCUT2D eigenvalue weighted by molar-refractivity contribution is 0.105. The van der Waals surface area contributed by atoms with Crippen LogP contribution in [0, 0.1) is 0 Å². The summed E-state index contributed by atoms with van der Waals surface area (Å²) in [6.07, 6.45) is -0.780. The molecular formula is C12H13ClN2O2S. The van der Waals surface area contributed by atoms with E-state index in [0.717, 1.165) is 11.3 Å². The van der Waals surface area contributed by atoms with Crippen LogP contribution in [-0.2, 0) is 0 Å². The van der Waals surface area contributed by atoms with Gasteiger partial charge < -0.3 is 15.5 Å². The van der Waals surface area contributed by atoms with E-state index in [1.807, 2.05) is 29.6 Å². The van der Waals surface area contributed by atoms with Crippen molar-refractivity contribution in [2.75, 3.05) is 18.5 Å². The fourth-order valence-electron chi connectivity index (χ4n) is 1.42. The number of aliphatic hydroxyl groups is 2. The molecule has 0 unspecified atom stereocenters. The van der Waals surface area contributed by atoms with Gasteiger partial charge in [-0.3, -0.25) is 0 Å². The summed E-state index contributed by atoms with van der Waals surface area (Å²) >= 11 is 7.52. The summed E-state index contributed by atoms with van der Waals surface area (Å²) < 4.78 is 0. The Hall–Kier alpha value is -1.14. The van der Waals surface area contributed by atoms with E-state index in [2.05, 4.69) is 10.3 Å². The first-order valence-corrected chi connectivity index (χ1v) is 6.69. The van der Waals surface area contributed by atoms with Crippen molar-refractivity contribution < 1.29 is 10.2 Å². The highest BCUT2D eigenvalue weighted by atomic mass is 35.5. The summed E-state index contributed by atoms with van der Waals surface area (Å²) in [4.78, 5) is 4.38. The van der Waals surface area contributed by atoms with Gasteiger partial charge in [-0.1, -0.05) is 29.8 Å². The summed E-state index contributed by atoms with van der Waals surface area (Å²) in [5, 5.41) is 24.1. The molecule has 4 nitrogen and oxygen atoms in total. The Labute approximate surface area is 114 Å². The Kier molecular flexibility index (Phi) is 4.54. The maximum Gasteiger partial charge on any atom is 0.183 e. The van der Waals surface area contributed by atoms with E-state index in [4.69, 9.17) is 16.7 Å². The molecule has 1 heterocycles. The van der Waals surface area contributed by atoms with Crippen LogP contribution in [0.3, 0.4) is 0 Å². The standard InChI is InChI=1S/C12H13ClN2O2S/c13-10-4-2-1-3-9(10)11-7-18-12(15-11)14-5-8(17)6-16/h1-4,7-8,16-17H,5-6H2,(H,14,15)/t8-/m1/s1. The van der Waals surface area contributed by atoms with E-state index in [9.17, 15) is 5.11 Å². The number of rotatable bonds is 5. The smallest absolute Gasteiger partial charge is 0.183 e. The third-order valence-electron chi connectivity index (χ3n) is 2.35. The van der Waals surface area contributed by atoms with Crippen molar-refractivity contribution >= 4 is 28.1 Å². The van der Waals surface area contributed by atoms with Gasteiger partial charge in [-0.2, -0.15) is 0 Å². The van der Waals surface area contributed by atoms with Crippen molar-refractivity contribution in [2.24, 2.45) is 0 Å². The summed E-state index contributed by atoms with van der Waals surface area (Å²) in [7, 11) is 0. The zero-order chi connectivity index (χ0) is 13.0. The lowest BCUT2D eigenvalue weighted by Crippen LogP contribution is -2.22. The van der Waals surface area contributed by atoms with Crippen molar-refractivity contribution in [2.45, 2.75) is 6.10 Å². The second-order valence-electron chi connectivity index (χ2n) is 3.74. The second kappa shape index (κ2) is 6.15. The normalized spacial score (nSPS) is 12.4. The lowest BCUT2D eigenvalue weighted by Gasteiger charge is -2.06. The maximum absolute atomic E-state index is 9.23. The minimum absolute atomic E-state index is 0.268. The van der Waals surface area contributed by atoms with Crippen LogP contribution in [0.5, 0.6) is 0 Å². The van der Waals surface area contributed by atoms with Crippen LogP contribution in [0.25, 0.3) is 11.3 Å². The average molecular weight is 285 g/mol. The molecule has 0 aliphatic rings. The number of aliphatic hydroxyl groups excluding tert-OH is 2. The van der Waals surface area contributed by atoms with Crippen LogP contribution < -0.4 is 5.32 Å². The van der Waals surface area contributed by atoms with E-state index in [1.54, 1.807) is 0 Å². The highest BCUT2D eigenvalue weighted by Crippen LogP contribution is 2.30. The number of hydrogen-bond acceptors (Lipinski definition) is 5. The molecule has 1 aromatic carbocycles. The molecule has 0 radical (unpaired) electrons. The monoisotopic (exact) mass is 284 g/mol. The molecule has 6 heteroatoms. The molecule has 1 atom stereocenters. The molecule has 3 N–H and O–H groups in total. The first-order valence-electron chi connectivity index (χ1n) is 5.44. The number of nitrogens with one attached hydrogen (secondary N) is 1. The summed E-state index contributed by atoms with van der Waals surface area (Å²) in [5.41, 5.74) is 1.68. The molecular weight excluding hydrogens is 272 g/mol. The quantitative estimate of drug-likeness (QED) is 0.788. The van der Waals surface area contributed by atoms with Gasteiger partial charge in [-0.15, -0.1) is 11.3 Å². The van der Waals surface area contributed by atoms with Gasteiger partial charge in [0.05, 0.1) is 18.4 Å². The van der Waals surface area contributed by atoms with Gasteiger partial charge in [0.15, 0.2) is 5.13 Å². The van der Waals surface area contributed by atoms with E-state index in [0.29, 0.717) is 10.2 Å². The van der Waals surface area contributed by atoms with Crippen LogP contribution in [0.1, 0.15) is 0 Å². The predicted octanol–water partition coefficient (Wildman–Crippen LogP) is 2.23. The lowest BCUT2D eigenvalue weighted by atomic mass is 10.2. The van der Waals surface area contributed by atoms with Crippen LogP contribution in [0.2, 0.25) is 5.02 Å². The largest absolute Gasteiger partial charge is 0.394 e. The van der Waals surface area contributed by atoms with Crippen LogP contribution in [0.15, 0.2) is 29.6 Å². The predicted molar refractivity (Wildman–Crippen MR) is 74.1 cm³/mol. The molecule has 0 spiro atoms. The summed E-state index contributed by atoms with van der Waals surface area (Å²) in [6, 6.07) is 7.50. The minimum atomic E-state index is -0.780. The molecule has 0 amide bonds. The molecule has 0 fully saturated rings. The molecule has 0 saturated carbocycles. The molecule has 0 aliphatic heterocycles. The van der Waals surface area contributed by atoms with E-state index in [1.165, 1.54) is 11.3 Å². The van der Waals surface area contributed by atoms with Crippen LogP contribution >= 0.6 is 22.9 Å². The Morgan fingerprint density at radius 3 is 2.89 bits per heavy atom. The number of nitrogens with zero attached hydrogens (tertiary/aromatic N) is 1. The third-order valence-corrected chi connectivity index (χ3v) is 3.48. The van der Waals surface area contributed by atoms with Crippen LogP contribution in [0.4, 0.5) is 5.13 Å².